The highest BCUT2D eigenvalue weighted by Gasteiger charge is 2.25. The number of amides is 1. The summed E-state index contributed by atoms with van der Waals surface area (Å²) >= 11 is 0. The minimum absolute atomic E-state index is 0.0479. The van der Waals surface area contributed by atoms with Crippen LogP contribution in [0.25, 0.3) is 11.3 Å². The number of carbonyl (C=O) groups excluding carboxylic acids is 1. The minimum Gasteiger partial charge on any atom is -0.444 e. The molecule has 0 fully saturated rings. The lowest BCUT2D eigenvalue weighted by molar-refractivity contribution is 0.0759. The van der Waals surface area contributed by atoms with Crippen molar-refractivity contribution < 1.29 is 17.9 Å². The van der Waals surface area contributed by atoms with Crippen LogP contribution < -0.4 is 0 Å². The standard InChI is InChI=1S/C23H27N3O4S/c1-17-9-6-7-11-20(17)21-13-18(16-30-22(27)25(5)23(2,3)4)15-26(21)31(28,29)19-10-8-12-24-14-19/h6-15H,16H2,1-5H3. The van der Waals surface area contributed by atoms with Gasteiger partial charge in [0, 0.05) is 42.3 Å². The first-order valence-electron chi connectivity index (χ1n) is 9.85. The van der Waals surface area contributed by atoms with E-state index in [1.807, 2.05) is 52.0 Å². The van der Waals surface area contributed by atoms with E-state index < -0.39 is 16.1 Å². The number of hydrogen-bond acceptors (Lipinski definition) is 5. The molecule has 0 aliphatic rings. The molecule has 0 aliphatic carbocycles. The van der Waals surface area contributed by atoms with E-state index in [9.17, 15) is 13.2 Å². The Morgan fingerprint density at radius 2 is 1.87 bits per heavy atom. The largest absolute Gasteiger partial charge is 0.444 e. The molecular weight excluding hydrogens is 414 g/mol. The van der Waals surface area contributed by atoms with Gasteiger partial charge in [-0.1, -0.05) is 24.3 Å². The first kappa shape index (κ1) is 22.6. The number of nitrogens with zero attached hydrogens (tertiary/aromatic N) is 3. The second-order valence-electron chi connectivity index (χ2n) is 8.32. The number of carbonyl (C=O) groups is 1. The van der Waals surface area contributed by atoms with E-state index in [1.165, 1.54) is 33.5 Å². The molecule has 164 valence electrons. The summed E-state index contributed by atoms with van der Waals surface area (Å²) < 4.78 is 33.3. The van der Waals surface area contributed by atoms with Gasteiger partial charge in [0.05, 0.1) is 5.69 Å². The van der Waals surface area contributed by atoms with Gasteiger partial charge in [0.2, 0.25) is 0 Å². The lowest BCUT2D eigenvalue weighted by Crippen LogP contribution is -2.42. The van der Waals surface area contributed by atoms with Crippen LogP contribution in [-0.2, 0) is 21.4 Å². The number of ether oxygens (including phenoxy) is 1. The topological polar surface area (TPSA) is 81.5 Å². The van der Waals surface area contributed by atoms with Crippen molar-refractivity contribution in [3.63, 3.8) is 0 Å². The Morgan fingerprint density at radius 1 is 1.16 bits per heavy atom. The van der Waals surface area contributed by atoms with E-state index in [1.54, 1.807) is 19.2 Å². The molecule has 1 aromatic carbocycles. The summed E-state index contributed by atoms with van der Waals surface area (Å²) in [7, 11) is -2.22. The third-order valence-electron chi connectivity index (χ3n) is 5.10. The molecule has 3 rings (SSSR count). The van der Waals surface area contributed by atoms with Crippen LogP contribution in [0.4, 0.5) is 4.79 Å². The summed E-state index contributed by atoms with van der Waals surface area (Å²) in [5, 5.41) is 0. The monoisotopic (exact) mass is 441 g/mol. The van der Waals surface area contributed by atoms with Gasteiger partial charge in [0.25, 0.3) is 10.0 Å². The highest BCUT2D eigenvalue weighted by molar-refractivity contribution is 7.90. The quantitative estimate of drug-likeness (QED) is 0.584. The molecule has 0 saturated heterocycles. The Kier molecular flexibility index (Phi) is 6.22. The minimum atomic E-state index is -3.89. The third-order valence-corrected chi connectivity index (χ3v) is 6.75. The van der Waals surface area contributed by atoms with Crippen LogP contribution in [0, 0.1) is 6.92 Å². The van der Waals surface area contributed by atoms with Crippen molar-refractivity contribution in [2.75, 3.05) is 7.05 Å². The average molecular weight is 442 g/mol. The molecule has 7 nitrogen and oxygen atoms in total. The molecule has 0 unspecified atom stereocenters. The van der Waals surface area contributed by atoms with Gasteiger partial charge in [-0.05, 0) is 51.5 Å². The number of rotatable bonds is 5. The van der Waals surface area contributed by atoms with Crippen LogP contribution in [0.15, 0.2) is 66.0 Å². The van der Waals surface area contributed by atoms with E-state index in [0.717, 1.165) is 11.1 Å². The molecule has 1 amide bonds. The van der Waals surface area contributed by atoms with Crippen LogP contribution in [-0.4, -0.2) is 41.0 Å². The molecule has 0 aliphatic heterocycles. The molecular formula is C23H27N3O4S. The fraction of sp³-hybridized carbons (Fsp3) is 0.304. The van der Waals surface area contributed by atoms with Crippen LogP contribution in [0.2, 0.25) is 0 Å². The second kappa shape index (κ2) is 8.55. The molecule has 0 saturated carbocycles. The molecule has 8 heteroatoms. The van der Waals surface area contributed by atoms with Crippen LogP contribution in [0.5, 0.6) is 0 Å². The lowest BCUT2D eigenvalue weighted by atomic mass is 10.1. The number of aromatic nitrogens is 2. The molecule has 0 N–H and O–H groups in total. The number of benzene rings is 1. The summed E-state index contributed by atoms with van der Waals surface area (Å²) in [6, 6.07) is 12.4. The maximum absolute atomic E-state index is 13.3. The molecule has 0 radical (unpaired) electrons. The Labute approximate surface area is 183 Å². The zero-order valence-corrected chi connectivity index (χ0v) is 19.2. The van der Waals surface area contributed by atoms with E-state index >= 15 is 0 Å². The smallest absolute Gasteiger partial charge is 0.410 e. The molecule has 2 heterocycles. The Morgan fingerprint density at radius 3 is 2.48 bits per heavy atom. The van der Waals surface area contributed by atoms with Crippen molar-refractivity contribution in [1.82, 2.24) is 13.9 Å². The normalized spacial score (nSPS) is 11.9. The number of hydrogen-bond donors (Lipinski definition) is 0. The Hall–Kier alpha value is -3.13. The maximum atomic E-state index is 13.3. The Bertz CT molecular complexity index is 1180. The highest BCUT2D eigenvalue weighted by atomic mass is 32.2. The van der Waals surface area contributed by atoms with Crippen LogP contribution in [0.1, 0.15) is 31.9 Å². The van der Waals surface area contributed by atoms with Crippen molar-refractivity contribution in [3.05, 3.63) is 72.2 Å². The van der Waals surface area contributed by atoms with Crippen molar-refractivity contribution in [2.24, 2.45) is 0 Å². The zero-order chi connectivity index (χ0) is 22.8. The first-order valence-corrected chi connectivity index (χ1v) is 11.3. The fourth-order valence-electron chi connectivity index (χ4n) is 2.96. The fourth-order valence-corrected chi connectivity index (χ4v) is 4.32. The van der Waals surface area contributed by atoms with E-state index in [-0.39, 0.29) is 17.0 Å². The molecule has 0 atom stereocenters. The Balaban J connectivity index is 2.02. The van der Waals surface area contributed by atoms with Gasteiger partial charge < -0.3 is 9.64 Å². The molecule has 31 heavy (non-hydrogen) atoms. The summed E-state index contributed by atoms with van der Waals surface area (Å²) in [6.45, 7) is 7.58. The van der Waals surface area contributed by atoms with E-state index in [0.29, 0.717) is 11.3 Å². The van der Waals surface area contributed by atoms with Gasteiger partial charge in [-0.2, -0.15) is 0 Å². The highest BCUT2D eigenvalue weighted by Crippen LogP contribution is 2.29. The second-order valence-corrected chi connectivity index (χ2v) is 10.1. The van der Waals surface area contributed by atoms with Crippen molar-refractivity contribution in [2.45, 2.75) is 44.7 Å². The van der Waals surface area contributed by atoms with Crippen LogP contribution >= 0.6 is 0 Å². The van der Waals surface area contributed by atoms with Gasteiger partial charge in [-0.25, -0.2) is 17.2 Å². The first-order chi connectivity index (χ1) is 14.5. The van der Waals surface area contributed by atoms with Crippen LogP contribution in [0.3, 0.4) is 0 Å². The summed E-state index contributed by atoms with van der Waals surface area (Å²) in [5.74, 6) is 0. The van der Waals surface area contributed by atoms with Gasteiger partial charge in [-0.15, -0.1) is 0 Å². The summed E-state index contributed by atoms with van der Waals surface area (Å²) in [4.78, 5) is 17.9. The van der Waals surface area contributed by atoms with E-state index in [4.69, 9.17) is 4.74 Å². The SMILES string of the molecule is Cc1ccccc1-c1cc(COC(=O)N(C)C(C)(C)C)cn1S(=O)(=O)c1cccnc1. The van der Waals surface area contributed by atoms with Crippen molar-refractivity contribution in [3.8, 4) is 11.3 Å². The summed E-state index contributed by atoms with van der Waals surface area (Å²) in [5.41, 5.74) is 2.39. The maximum Gasteiger partial charge on any atom is 0.410 e. The molecule has 2 aromatic heterocycles. The molecule has 0 bridgehead atoms. The number of pyridine rings is 1. The predicted octanol–water partition coefficient (Wildman–Crippen LogP) is 4.46. The van der Waals surface area contributed by atoms with Crippen molar-refractivity contribution >= 4 is 16.1 Å². The van der Waals surface area contributed by atoms with Gasteiger partial charge in [0.1, 0.15) is 11.5 Å². The lowest BCUT2D eigenvalue weighted by Gasteiger charge is -2.30. The number of aryl methyl sites for hydroxylation is 1. The molecule has 0 spiro atoms. The van der Waals surface area contributed by atoms with E-state index in [2.05, 4.69) is 4.98 Å². The molecule has 3 aromatic rings. The van der Waals surface area contributed by atoms with Gasteiger partial charge in [0.15, 0.2) is 0 Å². The van der Waals surface area contributed by atoms with Gasteiger partial charge >= 0.3 is 6.09 Å². The third kappa shape index (κ3) is 4.80. The van der Waals surface area contributed by atoms with Gasteiger partial charge in [-0.3, -0.25) is 4.98 Å². The predicted molar refractivity (Wildman–Crippen MR) is 119 cm³/mol. The van der Waals surface area contributed by atoms with Crippen molar-refractivity contribution in [1.29, 1.82) is 0 Å². The zero-order valence-electron chi connectivity index (χ0n) is 18.4. The summed E-state index contributed by atoms with van der Waals surface area (Å²) in [6.07, 6.45) is 3.85. The average Bonchev–Trinajstić information content (AvgIpc) is 3.16.